The molecule has 1 aliphatic carbocycles. The minimum absolute atomic E-state index is 0.160. The van der Waals surface area contributed by atoms with Crippen molar-refractivity contribution in [3.05, 3.63) is 120 Å². The maximum absolute atomic E-state index is 13.2. The van der Waals surface area contributed by atoms with Gasteiger partial charge in [0, 0.05) is 0 Å². The minimum atomic E-state index is -3.88. The lowest BCUT2D eigenvalue weighted by Gasteiger charge is -2.34. The first-order valence-electron chi connectivity index (χ1n) is 12.0. The van der Waals surface area contributed by atoms with Gasteiger partial charge in [-0.3, -0.25) is 8.98 Å². The summed E-state index contributed by atoms with van der Waals surface area (Å²) in [6.45, 7) is 0.494. The molecule has 0 heterocycles. The van der Waals surface area contributed by atoms with Crippen LogP contribution in [0.2, 0.25) is 0 Å². The molecule has 1 aliphatic rings. The van der Waals surface area contributed by atoms with Crippen molar-refractivity contribution in [3.63, 3.8) is 0 Å². The molecule has 3 aromatic rings. The molecule has 0 spiro atoms. The Kier molecular flexibility index (Phi) is 9.38. The highest BCUT2D eigenvalue weighted by Gasteiger charge is 2.43. The van der Waals surface area contributed by atoms with Gasteiger partial charge in [-0.15, -0.1) is 0 Å². The summed E-state index contributed by atoms with van der Waals surface area (Å²) in [5.74, 6) is -0.359. The van der Waals surface area contributed by atoms with Crippen LogP contribution in [0.5, 0.6) is 0 Å². The van der Waals surface area contributed by atoms with Crippen molar-refractivity contribution >= 4 is 15.9 Å². The SMILES string of the molecule is CS(=O)(=O)O[C@H]1C=CC(=O)[C@@H](OCc2ccccc2)[C@H](OCc2ccccc2)[C@H]1OCc1ccccc1. The van der Waals surface area contributed by atoms with Crippen LogP contribution in [-0.2, 0) is 53.1 Å². The summed E-state index contributed by atoms with van der Waals surface area (Å²) in [6.07, 6.45) is -0.391. The zero-order chi connectivity index (χ0) is 26.1. The number of hydrogen-bond acceptors (Lipinski definition) is 7. The van der Waals surface area contributed by atoms with Gasteiger partial charge in [0.25, 0.3) is 10.1 Å². The van der Waals surface area contributed by atoms with Crippen molar-refractivity contribution in [3.8, 4) is 0 Å². The van der Waals surface area contributed by atoms with Crippen molar-refractivity contribution in [2.24, 2.45) is 0 Å². The van der Waals surface area contributed by atoms with Crippen LogP contribution in [-0.4, -0.2) is 44.9 Å². The Morgan fingerprint density at radius 3 is 1.54 bits per heavy atom. The Labute approximate surface area is 217 Å². The van der Waals surface area contributed by atoms with Crippen LogP contribution < -0.4 is 0 Å². The molecule has 0 saturated heterocycles. The average molecular weight is 523 g/mol. The molecule has 8 heteroatoms. The summed E-state index contributed by atoms with van der Waals surface area (Å²) in [4.78, 5) is 13.2. The summed E-state index contributed by atoms with van der Waals surface area (Å²) in [6, 6.07) is 28.4. The second-order valence-corrected chi connectivity index (χ2v) is 10.4. The van der Waals surface area contributed by atoms with Gasteiger partial charge in [0.15, 0.2) is 5.78 Å². The topological polar surface area (TPSA) is 88.1 Å². The van der Waals surface area contributed by atoms with E-state index in [4.69, 9.17) is 18.4 Å². The predicted octanol–water partition coefficient (Wildman–Crippen LogP) is 4.23. The van der Waals surface area contributed by atoms with Crippen LogP contribution in [0.4, 0.5) is 0 Å². The summed E-state index contributed by atoms with van der Waals surface area (Å²) in [5, 5.41) is 0. The lowest BCUT2D eigenvalue weighted by atomic mass is 10.0. The van der Waals surface area contributed by atoms with Crippen LogP contribution in [0.25, 0.3) is 0 Å². The van der Waals surface area contributed by atoms with Crippen LogP contribution in [0, 0.1) is 0 Å². The molecule has 0 aromatic heterocycles. The fourth-order valence-electron chi connectivity index (χ4n) is 4.05. The Bertz CT molecular complexity index is 1260. The van der Waals surface area contributed by atoms with E-state index in [-0.39, 0.29) is 25.6 Å². The highest BCUT2D eigenvalue weighted by molar-refractivity contribution is 7.86. The fourth-order valence-corrected chi connectivity index (χ4v) is 4.62. The van der Waals surface area contributed by atoms with E-state index < -0.39 is 34.5 Å². The second-order valence-electron chi connectivity index (χ2n) is 8.77. The molecule has 0 radical (unpaired) electrons. The lowest BCUT2D eigenvalue weighted by molar-refractivity contribution is -0.172. The van der Waals surface area contributed by atoms with Crippen LogP contribution in [0.15, 0.2) is 103 Å². The molecule has 0 bridgehead atoms. The van der Waals surface area contributed by atoms with Crippen molar-refractivity contribution in [2.75, 3.05) is 6.26 Å². The maximum atomic E-state index is 13.2. The van der Waals surface area contributed by atoms with Gasteiger partial charge in [-0.1, -0.05) is 91.0 Å². The summed E-state index contributed by atoms with van der Waals surface area (Å²) < 4.78 is 48.3. The van der Waals surface area contributed by atoms with E-state index in [1.807, 2.05) is 91.0 Å². The number of carbonyl (C=O) groups is 1. The Morgan fingerprint density at radius 1 is 0.649 bits per heavy atom. The molecule has 37 heavy (non-hydrogen) atoms. The first-order chi connectivity index (χ1) is 17.9. The fraction of sp³-hybridized carbons (Fsp3) is 0.276. The number of rotatable bonds is 11. The third kappa shape index (κ3) is 8.18. The van der Waals surface area contributed by atoms with Gasteiger partial charge in [-0.2, -0.15) is 8.42 Å². The number of hydrogen-bond donors (Lipinski definition) is 0. The number of ether oxygens (including phenoxy) is 3. The van der Waals surface area contributed by atoms with Gasteiger partial charge in [0.1, 0.15) is 24.4 Å². The molecule has 4 atom stereocenters. The maximum Gasteiger partial charge on any atom is 0.265 e. The van der Waals surface area contributed by atoms with Gasteiger partial charge in [-0.05, 0) is 28.8 Å². The highest BCUT2D eigenvalue weighted by atomic mass is 32.2. The molecule has 0 unspecified atom stereocenters. The number of ketones is 1. The monoisotopic (exact) mass is 522 g/mol. The van der Waals surface area contributed by atoms with Gasteiger partial charge in [-0.25, -0.2) is 0 Å². The normalized spacial score (nSPS) is 22.0. The van der Waals surface area contributed by atoms with Crippen LogP contribution in [0.3, 0.4) is 0 Å². The van der Waals surface area contributed by atoms with Crippen molar-refractivity contribution in [2.45, 2.75) is 44.2 Å². The molecular weight excluding hydrogens is 492 g/mol. The molecule has 0 fully saturated rings. The van der Waals surface area contributed by atoms with Gasteiger partial charge in [0.2, 0.25) is 0 Å². The summed E-state index contributed by atoms with van der Waals surface area (Å²) in [7, 11) is -3.88. The number of benzene rings is 3. The molecule has 4 rings (SSSR count). The molecule has 0 N–H and O–H groups in total. The second kappa shape index (κ2) is 12.9. The van der Waals surface area contributed by atoms with E-state index in [0.717, 1.165) is 22.9 Å². The van der Waals surface area contributed by atoms with Crippen molar-refractivity contribution in [1.82, 2.24) is 0 Å². The molecule has 0 amide bonds. The minimum Gasteiger partial charge on any atom is -0.368 e. The molecule has 7 nitrogen and oxygen atoms in total. The van der Waals surface area contributed by atoms with Crippen molar-refractivity contribution in [1.29, 1.82) is 0 Å². The van der Waals surface area contributed by atoms with Crippen LogP contribution >= 0.6 is 0 Å². The molecule has 194 valence electrons. The smallest absolute Gasteiger partial charge is 0.265 e. The Morgan fingerprint density at radius 2 is 1.08 bits per heavy atom. The van der Waals surface area contributed by atoms with Crippen molar-refractivity contribution < 1.29 is 31.6 Å². The van der Waals surface area contributed by atoms with Gasteiger partial charge < -0.3 is 14.2 Å². The summed E-state index contributed by atoms with van der Waals surface area (Å²) in [5.41, 5.74) is 2.65. The largest absolute Gasteiger partial charge is 0.368 e. The number of carbonyl (C=O) groups excluding carboxylic acids is 1. The molecule has 3 aromatic carbocycles. The third-order valence-electron chi connectivity index (χ3n) is 5.81. The molecular formula is C29H30O7S. The Balaban J connectivity index is 1.65. The van der Waals surface area contributed by atoms with Gasteiger partial charge in [0.05, 0.1) is 26.1 Å². The average Bonchev–Trinajstić information content (AvgIpc) is 3.02. The zero-order valence-corrected chi connectivity index (χ0v) is 21.3. The highest BCUT2D eigenvalue weighted by Crippen LogP contribution is 2.27. The lowest BCUT2D eigenvalue weighted by Crippen LogP contribution is -2.50. The molecule has 0 saturated carbocycles. The first-order valence-corrected chi connectivity index (χ1v) is 13.8. The van der Waals surface area contributed by atoms with E-state index in [0.29, 0.717) is 0 Å². The van der Waals surface area contributed by atoms with E-state index in [2.05, 4.69) is 0 Å². The zero-order valence-electron chi connectivity index (χ0n) is 20.5. The third-order valence-corrected chi connectivity index (χ3v) is 6.38. The van der Waals surface area contributed by atoms with E-state index in [1.165, 1.54) is 12.2 Å². The van der Waals surface area contributed by atoms with E-state index in [1.54, 1.807) is 0 Å². The standard InChI is InChI=1S/C29H30O7S/c1-37(31,32)36-26-18-17-25(30)27(33-19-22-11-5-2-6-12-22)29(35-21-24-15-9-4-10-16-24)28(26)34-20-23-13-7-3-8-14-23/h2-18,26-29H,19-21H2,1H3/t26-,27+,28-,29-/m0/s1. The summed E-state index contributed by atoms with van der Waals surface area (Å²) >= 11 is 0. The van der Waals surface area contributed by atoms with Gasteiger partial charge >= 0.3 is 0 Å². The van der Waals surface area contributed by atoms with Crippen LogP contribution in [0.1, 0.15) is 16.7 Å². The van der Waals surface area contributed by atoms with E-state index >= 15 is 0 Å². The Hall–Kier alpha value is -3.14. The predicted molar refractivity (Wildman–Crippen MR) is 139 cm³/mol. The quantitative estimate of drug-likeness (QED) is 0.348. The van der Waals surface area contributed by atoms with E-state index in [9.17, 15) is 13.2 Å². The molecule has 0 aliphatic heterocycles. The first kappa shape index (κ1) is 26.9.